The third kappa shape index (κ3) is 3.37. The van der Waals surface area contributed by atoms with Crippen LogP contribution in [0.1, 0.15) is 17.5 Å². The molecule has 8 nitrogen and oxygen atoms in total. The lowest BCUT2D eigenvalue weighted by Crippen LogP contribution is -2.34. The maximum atomic E-state index is 11.9. The van der Waals surface area contributed by atoms with Gasteiger partial charge in [-0.25, -0.2) is 0 Å². The molecule has 1 atom stereocenters. The minimum Gasteiger partial charge on any atom is -0.479 e. The number of nitrogens with one attached hydrogen (secondary N) is 3. The van der Waals surface area contributed by atoms with Crippen molar-refractivity contribution in [1.29, 1.82) is 0 Å². The second kappa shape index (κ2) is 6.45. The average Bonchev–Trinajstić information content (AvgIpc) is 3.08. The van der Waals surface area contributed by atoms with Crippen molar-refractivity contribution >= 4 is 29.1 Å². The molecule has 1 aromatic carbocycles. The summed E-state index contributed by atoms with van der Waals surface area (Å²) in [6, 6.07) is 7.97. The van der Waals surface area contributed by atoms with E-state index in [-0.39, 0.29) is 18.2 Å². The van der Waals surface area contributed by atoms with Crippen molar-refractivity contribution in [2.75, 3.05) is 17.2 Å². The fraction of sp³-hybridized carbons (Fsp3) is 0.188. The van der Waals surface area contributed by atoms with Crippen molar-refractivity contribution < 1.29 is 23.5 Å². The van der Waals surface area contributed by atoms with Crippen molar-refractivity contribution in [3.05, 3.63) is 42.4 Å². The van der Waals surface area contributed by atoms with E-state index in [9.17, 15) is 14.4 Å². The molecule has 24 heavy (non-hydrogen) atoms. The van der Waals surface area contributed by atoms with E-state index >= 15 is 0 Å². The first-order valence-electron chi connectivity index (χ1n) is 7.26. The highest BCUT2D eigenvalue weighted by atomic mass is 16.5. The van der Waals surface area contributed by atoms with Gasteiger partial charge in [0.2, 0.25) is 5.91 Å². The van der Waals surface area contributed by atoms with Crippen LogP contribution in [0.2, 0.25) is 0 Å². The summed E-state index contributed by atoms with van der Waals surface area (Å²) in [6.07, 6.45) is 0.814. The van der Waals surface area contributed by atoms with Crippen LogP contribution in [0.25, 0.3) is 0 Å². The smallest absolute Gasteiger partial charge is 0.287 e. The van der Waals surface area contributed by atoms with Crippen LogP contribution < -0.4 is 20.7 Å². The minimum atomic E-state index is -0.560. The third-order valence-corrected chi connectivity index (χ3v) is 3.35. The number of ether oxygens (including phenoxy) is 1. The molecule has 3 rings (SSSR count). The normalized spacial score (nSPS) is 15.7. The summed E-state index contributed by atoms with van der Waals surface area (Å²) in [5.74, 6) is -0.477. The Morgan fingerprint density at radius 2 is 2.12 bits per heavy atom. The standard InChI is InChI=1S/C16H15N3O5/c1-9-15(21)19-11-7-10(4-5-12(11)24-9)18-14(20)8-17-16(22)13-3-2-6-23-13/h2-7,9H,8H2,1H3,(H,17,22)(H,18,20)(H,19,21). The molecule has 0 saturated heterocycles. The number of hydrogen-bond acceptors (Lipinski definition) is 5. The number of fused-ring (bicyclic) bond motifs is 1. The summed E-state index contributed by atoms with van der Waals surface area (Å²) < 4.78 is 10.4. The zero-order valence-corrected chi connectivity index (χ0v) is 12.8. The molecule has 0 fully saturated rings. The highest BCUT2D eigenvalue weighted by Gasteiger charge is 2.23. The Morgan fingerprint density at radius 3 is 2.88 bits per heavy atom. The second-order valence-electron chi connectivity index (χ2n) is 5.17. The molecule has 1 aromatic heterocycles. The molecule has 8 heteroatoms. The molecule has 124 valence electrons. The number of benzene rings is 1. The van der Waals surface area contributed by atoms with E-state index in [2.05, 4.69) is 16.0 Å². The van der Waals surface area contributed by atoms with E-state index in [0.717, 1.165) is 0 Å². The van der Waals surface area contributed by atoms with Gasteiger partial charge in [-0.05, 0) is 37.3 Å². The van der Waals surface area contributed by atoms with Crippen LogP contribution in [-0.4, -0.2) is 30.4 Å². The van der Waals surface area contributed by atoms with Crippen LogP contribution in [0, 0.1) is 0 Å². The molecular weight excluding hydrogens is 314 g/mol. The Morgan fingerprint density at radius 1 is 1.29 bits per heavy atom. The average molecular weight is 329 g/mol. The summed E-state index contributed by atoms with van der Waals surface area (Å²) in [5.41, 5.74) is 0.958. The SMILES string of the molecule is CC1Oc2ccc(NC(=O)CNC(=O)c3ccco3)cc2NC1=O. The molecule has 0 radical (unpaired) electrons. The Bertz CT molecular complexity index is 785. The molecule has 0 bridgehead atoms. The van der Waals surface area contributed by atoms with Gasteiger partial charge >= 0.3 is 0 Å². The first-order valence-corrected chi connectivity index (χ1v) is 7.26. The number of hydrogen-bond donors (Lipinski definition) is 3. The number of rotatable bonds is 4. The van der Waals surface area contributed by atoms with E-state index in [1.807, 2.05) is 0 Å². The number of anilines is 2. The maximum absolute atomic E-state index is 11.9. The molecule has 1 unspecified atom stereocenters. The van der Waals surface area contributed by atoms with Crippen molar-refractivity contribution in [1.82, 2.24) is 5.32 Å². The lowest BCUT2D eigenvalue weighted by molar-refractivity contribution is -0.122. The summed E-state index contributed by atoms with van der Waals surface area (Å²) in [7, 11) is 0. The van der Waals surface area contributed by atoms with Gasteiger partial charge in [-0.2, -0.15) is 0 Å². The van der Waals surface area contributed by atoms with Crippen LogP contribution in [0.5, 0.6) is 5.75 Å². The van der Waals surface area contributed by atoms with Gasteiger partial charge in [0.15, 0.2) is 11.9 Å². The van der Waals surface area contributed by atoms with Gasteiger partial charge in [-0.15, -0.1) is 0 Å². The van der Waals surface area contributed by atoms with Gasteiger partial charge in [0.25, 0.3) is 11.8 Å². The van der Waals surface area contributed by atoms with Crippen molar-refractivity contribution in [3.63, 3.8) is 0 Å². The number of amides is 3. The second-order valence-corrected chi connectivity index (χ2v) is 5.17. The van der Waals surface area contributed by atoms with Gasteiger partial charge < -0.3 is 25.1 Å². The predicted octanol–water partition coefficient (Wildman–Crippen LogP) is 1.37. The summed E-state index contributed by atoms with van der Waals surface area (Å²) in [4.78, 5) is 35.2. The van der Waals surface area contributed by atoms with E-state index in [1.165, 1.54) is 12.3 Å². The van der Waals surface area contributed by atoms with Gasteiger partial charge in [0.1, 0.15) is 5.75 Å². The lowest BCUT2D eigenvalue weighted by Gasteiger charge is -2.23. The Kier molecular flexibility index (Phi) is 4.19. The van der Waals surface area contributed by atoms with Gasteiger partial charge in [0, 0.05) is 5.69 Å². The van der Waals surface area contributed by atoms with E-state index in [1.54, 1.807) is 31.2 Å². The van der Waals surface area contributed by atoms with Crippen molar-refractivity contribution in [3.8, 4) is 5.75 Å². The topological polar surface area (TPSA) is 110 Å². The zero-order valence-electron chi connectivity index (χ0n) is 12.8. The van der Waals surface area contributed by atoms with E-state index in [4.69, 9.17) is 9.15 Å². The van der Waals surface area contributed by atoms with Gasteiger partial charge in [0.05, 0.1) is 18.5 Å². The number of carbonyl (C=O) groups excluding carboxylic acids is 3. The summed E-state index contributed by atoms with van der Waals surface area (Å²) in [5, 5.41) is 7.76. The van der Waals surface area contributed by atoms with Crippen LogP contribution in [-0.2, 0) is 9.59 Å². The van der Waals surface area contributed by atoms with Crippen molar-refractivity contribution in [2.45, 2.75) is 13.0 Å². The highest BCUT2D eigenvalue weighted by molar-refractivity contribution is 6.00. The number of furan rings is 1. The molecule has 2 aromatic rings. The molecule has 1 aliphatic heterocycles. The molecular formula is C16H15N3O5. The molecule has 1 aliphatic rings. The molecule has 3 N–H and O–H groups in total. The molecule has 3 amide bonds. The summed E-state index contributed by atoms with van der Waals surface area (Å²) >= 11 is 0. The predicted molar refractivity (Wildman–Crippen MR) is 84.8 cm³/mol. The van der Waals surface area contributed by atoms with Crippen molar-refractivity contribution in [2.24, 2.45) is 0 Å². The Balaban J connectivity index is 1.58. The lowest BCUT2D eigenvalue weighted by atomic mass is 10.2. The first kappa shape index (κ1) is 15.6. The number of carbonyl (C=O) groups is 3. The highest BCUT2D eigenvalue weighted by Crippen LogP contribution is 2.32. The van der Waals surface area contributed by atoms with Crippen LogP contribution >= 0.6 is 0 Å². The maximum Gasteiger partial charge on any atom is 0.287 e. The molecule has 0 spiro atoms. The third-order valence-electron chi connectivity index (χ3n) is 3.35. The van der Waals surface area contributed by atoms with E-state index < -0.39 is 17.9 Å². The molecule has 0 saturated carbocycles. The zero-order chi connectivity index (χ0) is 17.1. The minimum absolute atomic E-state index is 0.130. The largest absolute Gasteiger partial charge is 0.479 e. The Hall–Kier alpha value is -3.29. The quantitative estimate of drug-likeness (QED) is 0.785. The van der Waals surface area contributed by atoms with Crippen LogP contribution in [0.3, 0.4) is 0 Å². The first-order chi connectivity index (χ1) is 11.5. The fourth-order valence-corrected chi connectivity index (χ4v) is 2.15. The monoisotopic (exact) mass is 329 g/mol. The molecule has 0 aliphatic carbocycles. The van der Waals surface area contributed by atoms with Crippen LogP contribution in [0.4, 0.5) is 11.4 Å². The van der Waals surface area contributed by atoms with Gasteiger partial charge in [-0.1, -0.05) is 0 Å². The van der Waals surface area contributed by atoms with Gasteiger partial charge in [-0.3, -0.25) is 14.4 Å². The van der Waals surface area contributed by atoms with Crippen LogP contribution in [0.15, 0.2) is 41.0 Å². The van der Waals surface area contributed by atoms with E-state index in [0.29, 0.717) is 17.1 Å². The summed E-state index contributed by atoms with van der Waals surface area (Å²) in [6.45, 7) is 1.44. The molecule has 2 heterocycles. The fourth-order valence-electron chi connectivity index (χ4n) is 2.15. The Labute approximate surface area is 137 Å².